The molecule has 0 saturated carbocycles. The Kier molecular flexibility index (Phi) is 5.83. The van der Waals surface area contributed by atoms with Crippen molar-refractivity contribution < 1.29 is 4.74 Å². The fourth-order valence-corrected chi connectivity index (χ4v) is 2.69. The summed E-state index contributed by atoms with van der Waals surface area (Å²) in [6, 6.07) is 8.77. The zero-order valence-electron chi connectivity index (χ0n) is 12.2. The van der Waals surface area contributed by atoms with Crippen molar-refractivity contribution >= 4 is 0 Å². The fourth-order valence-electron chi connectivity index (χ4n) is 2.69. The number of hydrogen-bond acceptors (Lipinski definition) is 3. The van der Waals surface area contributed by atoms with Gasteiger partial charge in [0.05, 0.1) is 6.10 Å². The molecule has 0 aliphatic carbocycles. The van der Waals surface area contributed by atoms with E-state index in [-0.39, 0.29) is 0 Å². The minimum Gasteiger partial charge on any atom is -0.381 e. The highest BCUT2D eigenvalue weighted by Crippen LogP contribution is 2.17. The lowest BCUT2D eigenvalue weighted by atomic mass is 10.0. The highest BCUT2D eigenvalue weighted by molar-refractivity contribution is 5.27. The van der Waals surface area contributed by atoms with E-state index >= 15 is 0 Å². The van der Waals surface area contributed by atoms with Crippen molar-refractivity contribution in [3.8, 4) is 0 Å². The van der Waals surface area contributed by atoms with Crippen LogP contribution in [-0.4, -0.2) is 37.7 Å². The zero-order valence-corrected chi connectivity index (χ0v) is 12.2. The van der Waals surface area contributed by atoms with Crippen molar-refractivity contribution in [1.29, 1.82) is 0 Å². The third-order valence-corrected chi connectivity index (χ3v) is 3.95. The first-order valence-corrected chi connectivity index (χ1v) is 7.36. The largest absolute Gasteiger partial charge is 0.381 e. The van der Waals surface area contributed by atoms with Crippen molar-refractivity contribution in [2.75, 3.05) is 26.7 Å². The van der Waals surface area contributed by atoms with Gasteiger partial charge in [0.15, 0.2) is 0 Å². The number of piperidine rings is 1. The van der Waals surface area contributed by atoms with Crippen LogP contribution in [0, 0.1) is 0 Å². The summed E-state index contributed by atoms with van der Waals surface area (Å²) < 4.78 is 5.43. The van der Waals surface area contributed by atoms with Crippen LogP contribution in [0.3, 0.4) is 0 Å². The standard InChI is InChI=1S/C16H26N2O/c1-3-17-12-14-6-4-5-7-15(14)13-18-10-8-16(19-2)9-11-18/h4-7,16-17H,3,8-13H2,1-2H3. The Morgan fingerprint density at radius 2 is 1.89 bits per heavy atom. The Labute approximate surface area is 116 Å². The van der Waals surface area contributed by atoms with Crippen LogP contribution in [0.2, 0.25) is 0 Å². The summed E-state index contributed by atoms with van der Waals surface area (Å²) in [6.07, 6.45) is 2.78. The Bertz CT molecular complexity index is 373. The summed E-state index contributed by atoms with van der Waals surface area (Å²) in [4.78, 5) is 2.54. The Hall–Kier alpha value is -0.900. The summed E-state index contributed by atoms with van der Waals surface area (Å²) in [6.45, 7) is 7.51. The molecule has 1 aliphatic heterocycles. The molecule has 0 atom stereocenters. The molecule has 1 N–H and O–H groups in total. The molecule has 0 spiro atoms. The normalized spacial score (nSPS) is 17.8. The van der Waals surface area contributed by atoms with Crippen molar-refractivity contribution in [2.24, 2.45) is 0 Å². The quantitative estimate of drug-likeness (QED) is 0.852. The second-order valence-corrected chi connectivity index (χ2v) is 5.26. The maximum Gasteiger partial charge on any atom is 0.0595 e. The molecule has 1 fully saturated rings. The predicted octanol–water partition coefficient (Wildman–Crippen LogP) is 2.41. The smallest absolute Gasteiger partial charge is 0.0595 e. The van der Waals surface area contributed by atoms with Gasteiger partial charge in [0, 0.05) is 33.3 Å². The summed E-state index contributed by atoms with van der Waals surface area (Å²) in [7, 11) is 1.83. The average Bonchev–Trinajstić information content (AvgIpc) is 2.47. The number of nitrogens with one attached hydrogen (secondary N) is 1. The van der Waals surface area contributed by atoms with E-state index in [0.717, 1.165) is 45.6 Å². The molecule has 0 aromatic heterocycles. The number of ether oxygens (including phenoxy) is 1. The first kappa shape index (κ1) is 14.5. The minimum absolute atomic E-state index is 0.466. The zero-order chi connectivity index (χ0) is 13.5. The molecule has 19 heavy (non-hydrogen) atoms. The maximum atomic E-state index is 5.43. The number of likely N-dealkylation sites (tertiary alicyclic amines) is 1. The first-order chi connectivity index (χ1) is 9.33. The van der Waals surface area contributed by atoms with Gasteiger partial charge in [-0.2, -0.15) is 0 Å². The van der Waals surface area contributed by atoms with Crippen molar-refractivity contribution in [3.05, 3.63) is 35.4 Å². The fraction of sp³-hybridized carbons (Fsp3) is 0.625. The molecule has 0 amide bonds. The molecule has 0 unspecified atom stereocenters. The second kappa shape index (κ2) is 7.63. The van der Waals surface area contributed by atoms with Crippen molar-refractivity contribution in [1.82, 2.24) is 10.2 Å². The van der Waals surface area contributed by atoms with Crippen LogP contribution >= 0.6 is 0 Å². The molecule has 106 valence electrons. The van der Waals surface area contributed by atoms with E-state index in [0.29, 0.717) is 6.10 Å². The van der Waals surface area contributed by atoms with E-state index in [1.165, 1.54) is 11.1 Å². The van der Waals surface area contributed by atoms with Crippen LogP contribution in [0.15, 0.2) is 24.3 Å². The molecule has 1 aliphatic rings. The summed E-state index contributed by atoms with van der Waals surface area (Å²) in [5.41, 5.74) is 2.89. The van der Waals surface area contributed by atoms with E-state index < -0.39 is 0 Å². The third-order valence-electron chi connectivity index (χ3n) is 3.95. The maximum absolute atomic E-state index is 5.43. The molecule has 3 heteroatoms. The lowest BCUT2D eigenvalue weighted by molar-refractivity contribution is 0.0388. The van der Waals surface area contributed by atoms with Crippen LogP contribution < -0.4 is 5.32 Å². The lowest BCUT2D eigenvalue weighted by Gasteiger charge is -2.31. The summed E-state index contributed by atoms with van der Waals surface area (Å²) >= 11 is 0. The van der Waals surface area contributed by atoms with E-state index in [4.69, 9.17) is 4.74 Å². The van der Waals surface area contributed by atoms with E-state index in [2.05, 4.69) is 41.4 Å². The molecule has 0 radical (unpaired) electrons. The molecule has 1 aromatic carbocycles. The summed E-state index contributed by atoms with van der Waals surface area (Å²) in [5, 5.41) is 3.42. The van der Waals surface area contributed by atoms with Crippen LogP contribution in [-0.2, 0) is 17.8 Å². The molecule has 1 aromatic rings. The third kappa shape index (κ3) is 4.30. The molecule has 1 saturated heterocycles. The molecule has 0 bridgehead atoms. The van der Waals surface area contributed by atoms with Gasteiger partial charge in [-0.15, -0.1) is 0 Å². The van der Waals surface area contributed by atoms with Gasteiger partial charge < -0.3 is 10.1 Å². The van der Waals surface area contributed by atoms with Gasteiger partial charge in [0.25, 0.3) is 0 Å². The van der Waals surface area contributed by atoms with Gasteiger partial charge in [-0.05, 0) is 30.5 Å². The first-order valence-electron chi connectivity index (χ1n) is 7.36. The number of methoxy groups -OCH3 is 1. The number of nitrogens with zero attached hydrogens (tertiary/aromatic N) is 1. The molecular weight excluding hydrogens is 236 g/mol. The van der Waals surface area contributed by atoms with Crippen LogP contribution in [0.1, 0.15) is 30.9 Å². The van der Waals surface area contributed by atoms with Gasteiger partial charge in [-0.1, -0.05) is 31.2 Å². The van der Waals surface area contributed by atoms with Gasteiger partial charge in [-0.25, -0.2) is 0 Å². The van der Waals surface area contributed by atoms with Gasteiger partial charge in [0.2, 0.25) is 0 Å². The highest BCUT2D eigenvalue weighted by Gasteiger charge is 2.19. The molecular formula is C16H26N2O. The number of hydrogen-bond donors (Lipinski definition) is 1. The molecule has 1 heterocycles. The predicted molar refractivity (Wildman–Crippen MR) is 79.1 cm³/mol. The van der Waals surface area contributed by atoms with Crippen LogP contribution in [0.25, 0.3) is 0 Å². The van der Waals surface area contributed by atoms with Gasteiger partial charge in [-0.3, -0.25) is 4.90 Å². The summed E-state index contributed by atoms with van der Waals surface area (Å²) in [5.74, 6) is 0. The van der Waals surface area contributed by atoms with Gasteiger partial charge >= 0.3 is 0 Å². The van der Waals surface area contributed by atoms with E-state index in [1.54, 1.807) is 0 Å². The Morgan fingerprint density at radius 1 is 1.21 bits per heavy atom. The molecule has 3 nitrogen and oxygen atoms in total. The van der Waals surface area contributed by atoms with Gasteiger partial charge in [0.1, 0.15) is 0 Å². The Morgan fingerprint density at radius 3 is 2.53 bits per heavy atom. The minimum atomic E-state index is 0.466. The number of rotatable bonds is 6. The Balaban J connectivity index is 1.91. The van der Waals surface area contributed by atoms with E-state index in [9.17, 15) is 0 Å². The van der Waals surface area contributed by atoms with Crippen molar-refractivity contribution in [2.45, 2.75) is 39.0 Å². The lowest BCUT2D eigenvalue weighted by Crippen LogP contribution is -2.36. The number of benzene rings is 1. The highest BCUT2D eigenvalue weighted by atomic mass is 16.5. The van der Waals surface area contributed by atoms with E-state index in [1.807, 2.05) is 7.11 Å². The monoisotopic (exact) mass is 262 g/mol. The molecule has 2 rings (SSSR count). The van der Waals surface area contributed by atoms with Crippen LogP contribution in [0.4, 0.5) is 0 Å². The SMILES string of the molecule is CCNCc1ccccc1CN1CCC(OC)CC1. The average molecular weight is 262 g/mol. The topological polar surface area (TPSA) is 24.5 Å². The van der Waals surface area contributed by atoms with Crippen LogP contribution in [0.5, 0.6) is 0 Å². The second-order valence-electron chi connectivity index (χ2n) is 5.26. The van der Waals surface area contributed by atoms with Crippen molar-refractivity contribution in [3.63, 3.8) is 0 Å².